The molecule has 0 spiro atoms. The van der Waals surface area contributed by atoms with Gasteiger partial charge in [-0.2, -0.15) is 13.2 Å². The van der Waals surface area contributed by atoms with Crippen molar-refractivity contribution in [1.29, 1.82) is 0 Å². The molecule has 3 N–H and O–H groups in total. The lowest BCUT2D eigenvalue weighted by Crippen LogP contribution is -2.39. The summed E-state index contributed by atoms with van der Waals surface area (Å²) in [5.41, 5.74) is 1.71. The van der Waals surface area contributed by atoms with Gasteiger partial charge in [-0.05, 0) is 57.3 Å². The van der Waals surface area contributed by atoms with Crippen molar-refractivity contribution in [3.63, 3.8) is 0 Å². The summed E-state index contributed by atoms with van der Waals surface area (Å²) in [5, 5.41) is 29.0. The summed E-state index contributed by atoms with van der Waals surface area (Å²) in [6.07, 6.45) is -4.69. The number of carboxylic acids is 1. The molecule has 0 saturated carbocycles. The predicted molar refractivity (Wildman–Crippen MR) is 160 cm³/mol. The van der Waals surface area contributed by atoms with Crippen LogP contribution in [-0.2, 0) is 30.7 Å². The lowest BCUT2D eigenvalue weighted by molar-refractivity contribution is -0.140. The first-order valence-electron chi connectivity index (χ1n) is 14.5. The zero-order chi connectivity index (χ0) is 33.0. The second-order valence-electron chi connectivity index (χ2n) is 10.6. The molecule has 4 aromatic carbocycles. The normalized spacial score (nSPS) is 13.4. The first-order chi connectivity index (χ1) is 22.7. The van der Waals surface area contributed by atoms with Gasteiger partial charge in [-0.15, -0.1) is 0 Å². The first kappa shape index (κ1) is 31.6. The molecule has 0 bridgehead atoms. The van der Waals surface area contributed by atoms with Gasteiger partial charge in [-0.25, -0.2) is 4.63 Å². The monoisotopic (exact) mass is 651 g/mol. The number of ether oxygens (including phenoxy) is 4. The predicted octanol–water partition coefficient (Wildman–Crippen LogP) is 5.37. The molecule has 244 valence electrons. The van der Waals surface area contributed by atoms with Crippen LogP contribution in [0.1, 0.15) is 22.3 Å². The molecule has 5 aromatic rings. The van der Waals surface area contributed by atoms with Crippen LogP contribution in [0.3, 0.4) is 0 Å². The van der Waals surface area contributed by atoms with Crippen LogP contribution in [0, 0.1) is 0 Å². The van der Waals surface area contributed by atoms with E-state index in [4.69, 9.17) is 23.6 Å². The number of aliphatic carboxylic acids is 1. The Morgan fingerprint density at radius 1 is 0.894 bits per heavy atom. The third-order valence-corrected chi connectivity index (χ3v) is 7.45. The molecule has 47 heavy (non-hydrogen) atoms. The minimum Gasteiger partial charge on any atom is -0.489 e. The Labute approximate surface area is 265 Å². The molecule has 0 fully saturated rings. The zero-order valence-electron chi connectivity index (χ0n) is 24.6. The topological polar surface area (TPSA) is 145 Å². The Hall–Kier alpha value is -5.34. The van der Waals surface area contributed by atoms with Crippen molar-refractivity contribution in [2.24, 2.45) is 0 Å². The molecule has 1 unspecified atom stereocenters. The van der Waals surface area contributed by atoms with Crippen molar-refractivity contribution in [2.45, 2.75) is 32.0 Å². The van der Waals surface area contributed by atoms with E-state index in [1.54, 1.807) is 42.5 Å². The smallest absolute Gasteiger partial charge is 0.417 e. The van der Waals surface area contributed by atoms with Crippen LogP contribution in [0.15, 0.2) is 77.4 Å². The van der Waals surface area contributed by atoms with E-state index in [-0.39, 0.29) is 35.8 Å². The van der Waals surface area contributed by atoms with Crippen LogP contribution < -0.4 is 24.3 Å². The van der Waals surface area contributed by atoms with E-state index in [0.717, 1.165) is 5.56 Å². The van der Waals surface area contributed by atoms with Gasteiger partial charge in [0.2, 0.25) is 0 Å². The molecule has 1 aromatic heterocycles. The maximum absolute atomic E-state index is 14.5. The number of carboxylic acid groups (broad SMARTS) is 1. The number of hydrogen-bond acceptors (Lipinski definition) is 10. The van der Waals surface area contributed by atoms with Gasteiger partial charge >= 0.3 is 12.1 Å². The summed E-state index contributed by atoms with van der Waals surface area (Å²) in [6, 6.07) is 17.6. The van der Waals surface area contributed by atoms with Gasteiger partial charge in [0.1, 0.15) is 55.0 Å². The number of nitrogens with zero attached hydrogens (tertiary/aromatic N) is 2. The van der Waals surface area contributed by atoms with Gasteiger partial charge in [0, 0.05) is 23.7 Å². The molecular formula is C33H28F3N3O8. The number of halogens is 3. The Balaban J connectivity index is 1.26. The second-order valence-corrected chi connectivity index (χ2v) is 10.6. The highest BCUT2D eigenvalue weighted by molar-refractivity contribution is 5.74. The summed E-state index contributed by atoms with van der Waals surface area (Å²) in [6.45, 7) is -0.310. The Bertz CT molecular complexity index is 1900. The van der Waals surface area contributed by atoms with Crippen molar-refractivity contribution in [3.8, 4) is 34.1 Å². The van der Waals surface area contributed by atoms with Crippen molar-refractivity contribution >= 4 is 17.0 Å². The molecular weight excluding hydrogens is 623 g/mol. The van der Waals surface area contributed by atoms with Crippen molar-refractivity contribution < 1.29 is 51.8 Å². The Kier molecular flexibility index (Phi) is 9.13. The number of benzene rings is 4. The SMILES string of the molecule is O=C(O)C(CO)NCc1ccc(OCc2cccc(-c3ccc4c(c3)OCCO4)c2C(F)(F)F)cc1OCc1ccc2nonc2c1. The highest BCUT2D eigenvalue weighted by atomic mass is 19.4. The van der Waals surface area contributed by atoms with Crippen molar-refractivity contribution in [3.05, 3.63) is 95.1 Å². The Morgan fingerprint density at radius 2 is 1.70 bits per heavy atom. The molecule has 14 heteroatoms. The van der Waals surface area contributed by atoms with Gasteiger partial charge in [0.05, 0.1) is 12.2 Å². The number of carbonyl (C=O) groups is 1. The van der Waals surface area contributed by atoms with Crippen molar-refractivity contribution in [1.82, 2.24) is 15.6 Å². The van der Waals surface area contributed by atoms with Crippen LogP contribution in [-0.4, -0.2) is 52.4 Å². The molecule has 1 aliphatic heterocycles. The van der Waals surface area contributed by atoms with E-state index in [9.17, 15) is 28.2 Å². The quantitative estimate of drug-likeness (QED) is 0.160. The average Bonchev–Trinajstić information content (AvgIpc) is 3.54. The number of alkyl halides is 3. The van der Waals surface area contributed by atoms with E-state index in [1.807, 2.05) is 0 Å². The molecule has 0 amide bonds. The fourth-order valence-corrected chi connectivity index (χ4v) is 5.11. The summed E-state index contributed by atoms with van der Waals surface area (Å²) in [4.78, 5) is 11.4. The first-order valence-corrected chi connectivity index (χ1v) is 14.5. The van der Waals surface area contributed by atoms with E-state index >= 15 is 0 Å². The highest BCUT2D eigenvalue weighted by Gasteiger charge is 2.37. The second kappa shape index (κ2) is 13.6. The number of rotatable bonds is 12. The van der Waals surface area contributed by atoms with Gasteiger partial charge in [-0.3, -0.25) is 10.1 Å². The highest BCUT2D eigenvalue weighted by Crippen LogP contribution is 2.42. The minimum absolute atomic E-state index is 0.00911. The van der Waals surface area contributed by atoms with Gasteiger partial charge < -0.3 is 29.2 Å². The van der Waals surface area contributed by atoms with Gasteiger partial charge in [-0.1, -0.05) is 36.4 Å². The van der Waals surface area contributed by atoms with E-state index in [0.29, 0.717) is 46.9 Å². The number of aliphatic hydroxyl groups is 1. The van der Waals surface area contributed by atoms with Crippen LogP contribution in [0.2, 0.25) is 0 Å². The summed E-state index contributed by atoms with van der Waals surface area (Å²) in [7, 11) is 0. The number of aromatic nitrogens is 2. The van der Waals surface area contributed by atoms with Crippen LogP contribution in [0.5, 0.6) is 23.0 Å². The third-order valence-electron chi connectivity index (χ3n) is 7.45. The molecule has 0 saturated heterocycles. The fraction of sp³-hybridized carbons (Fsp3) is 0.242. The Morgan fingerprint density at radius 3 is 2.49 bits per heavy atom. The minimum atomic E-state index is -4.69. The number of fused-ring (bicyclic) bond motifs is 2. The van der Waals surface area contributed by atoms with E-state index in [1.165, 1.54) is 30.3 Å². The maximum Gasteiger partial charge on any atom is 0.417 e. The van der Waals surface area contributed by atoms with Gasteiger partial charge in [0.15, 0.2) is 11.5 Å². The molecule has 6 rings (SSSR count). The third kappa shape index (κ3) is 7.23. The largest absolute Gasteiger partial charge is 0.489 e. The average molecular weight is 652 g/mol. The number of hydrogen-bond donors (Lipinski definition) is 3. The zero-order valence-corrected chi connectivity index (χ0v) is 24.6. The standard InChI is InChI=1S/C33H28F3N3O8/c34-33(35,36)31-22(2-1-3-24(31)20-6-9-28-30(13-20)44-11-10-43-28)18-45-23-7-5-21(15-37-27(16-40)32(41)42)29(14-23)46-17-19-4-8-25-26(12-19)39-47-38-25/h1-9,12-14,27,37,40H,10-11,15-18H2,(H,41,42). The number of nitrogens with one attached hydrogen (secondary N) is 1. The lowest BCUT2D eigenvalue weighted by atomic mass is 9.94. The molecule has 0 radical (unpaired) electrons. The summed E-state index contributed by atoms with van der Waals surface area (Å²) in [5.74, 6) is 0.113. The van der Waals surface area contributed by atoms with Crippen molar-refractivity contribution in [2.75, 3.05) is 19.8 Å². The molecule has 0 aliphatic carbocycles. The number of aliphatic hydroxyl groups excluding tert-OH is 1. The molecule has 11 nitrogen and oxygen atoms in total. The van der Waals surface area contributed by atoms with Gasteiger partial charge in [0.25, 0.3) is 0 Å². The lowest BCUT2D eigenvalue weighted by Gasteiger charge is -2.21. The van der Waals surface area contributed by atoms with E-state index < -0.39 is 37.0 Å². The molecule has 1 atom stereocenters. The van der Waals surface area contributed by atoms with Crippen LogP contribution in [0.4, 0.5) is 13.2 Å². The van der Waals surface area contributed by atoms with Crippen LogP contribution in [0.25, 0.3) is 22.2 Å². The maximum atomic E-state index is 14.5. The summed E-state index contributed by atoms with van der Waals surface area (Å²) >= 11 is 0. The molecule has 2 heterocycles. The van der Waals surface area contributed by atoms with Crippen LogP contribution >= 0.6 is 0 Å². The fourth-order valence-electron chi connectivity index (χ4n) is 5.11. The summed E-state index contributed by atoms with van der Waals surface area (Å²) < 4.78 is 71.4. The molecule has 1 aliphatic rings. The van der Waals surface area contributed by atoms with E-state index in [2.05, 4.69) is 15.6 Å².